The molecule has 0 aliphatic carbocycles. The number of hydrogen-bond acceptors (Lipinski definition) is 4. The van der Waals surface area contributed by atoms with Crippen molar-refractivity contribution in [1.82, 2.24) is 10.2 Å². The fourth-order valence-electron chi connectivity index (χ4n) is 2.80. The van der Waals surface area contributed by atoms with Crippen molar-refractivity contribution in [1.29, 1.82) is 0 Å². The van der Waals surface area contributed by atoms with Gasteiger partial charge >= 0.3 is 6.03 Å². The van der Waals surface area contributed by atoms with Crippen LogP contribution in [-0.4, -0.2) is 30.1 Å². The van der Waals surface area contributed by atoms with Crippen LogP contribution in [0.15, 0.2) is 48.2 Å². The lowest BCUT2D eigenvalue weighted by Crippen LogP contribution is -2.30. The molecule has 29 heavy (non-hydrogen) atoms. The van der Waals surface area contributed by atoms with E-state index in [1.807, 2.05) is 6.92 Å². The lowest BCUT2D eigenvalue weighted by atomic mass is 10.1. The minimum absolute atomic E-state index is 0.0890. The number of hydrogen-bond donors (Lipinski definition) is 1. The van der Waals surface area contributed by atoms with Crippen LogP contribution in [0.1, 0.15) is 18.1 Å². The lowest BCUT2D eigenvalue weighted by Gasteiger charge is -2.12. The summed E-state index contributed by atoms with van der Waals surface area (Å²) in [5.41, 5.74) is 0.967. The summed E-state index contributed by atoms with van der Waals surface area (Å²) in [6.45, 7) is 2.19. The van der Waals surface area contributed by atoms with E-state index in [9.17, 15) is 14.0 Å². The molecule has 3 rings (SSSR count). The second-order valence-corrected chi connectivity index (χ2v) is 6.10. The van der Waals surface area contributed by atoms with Crippen molar-refractivity contribution in [3.05, 3.63) is 65.1 Å². The van der Waals surface area contributed by atoms with Crippen molar-refractivity contribution < 1.29 is 23.5 Å². The van der Waals surface area contributed by atoms with E-state index in [1.165, 1.54) is 18.2 Å². The lowest BCUT2D eigenvalue weighted by molar-refractivity contribution is -0.123. The number of carbonyl (C=O) groups is 2. The molecule has 1 N–H and O–H groups in total. The predicted octanol–water partition coefficient (Wildman–Crippen LogP) is 3.33. The van der Waals surface area contributed by atoms with Crippen LogP contribution in [0.5, 0.6) is 11.5 Å². The topological polar surface area (TPSA) is 67.9 Å². The van der Waals surface area contributed by atoms with E-state index in [2.05, 4.69) is 11.2 Å². The van der Waals surface area contributed by atoms with Gasteiger partial charge in [-0.2, -0.15) is 0 Å². The fraction of sp³-hybridized carbons (Fsp3) is 0.182. The SMILES string of the molecule is C#CCOc1ccc(/C=C2\NC(=O)N(Cc3ccccc3F)C2=O)cc1OCC. The van der Waals surface area contributed by atoms with Gasteiger partial charge in [0.15, 0.2) is 11.5 Å². The Morgan fingerprint density at radius 1 is 1.17 bits per heavy atom. The summed E-state index contributed by atoms with van der Waals surface area (Å²) in [5.74, 6) is 2.32. The van der Waals surface area contributed by atoms with Crippen LogP contribution in [0.4, 0.5) is 9.18 Å². The molecular weight excluding hydrogens is 375 g/mol. The van der Waals surface area contributed by atoms with Gasteiger partial charge in [-0.15, -0.1) is 6.42 Å². The third kappa shape index (κ3) is 4.55. The van der Waals surface area contributed by atoms with Gasteiger partial charge in [-0.1, -0.05) is 30.2 Å². The van der Waals surface area contributed by atoms with Crippen LogP contribution >= 0.6 is 0 Å². The minimum Gasteiger partial charge on any atom is -0.490 e. The van der Waals surface area contributed by atoms with Crippen LogP contribution in [0, 0.1) is 18.2 Å². The maximum absolute atomic E-state index is 13.9. The molecule has 3 amide bonds. The number of halogens is 1. The highest BCUT2D eigenvalue weighted by atomic mass is 19.1. The van der Waals surface area contributed by atoms with Crippen molar-refractivity contribution in [3.63, 3.8) is 0 Å². The first-order valence-corrected chi connectivity index (χ1v) is 8.94. The summed E-state index contributed by atoms with van der Waals surface area (Å²) >= 11 is 0. The number of imide groups is 1. The van der Waals surface area contributed by atoms with Crippen molar-refractivity contribution in [2.45, 2.75) is 13.5 Å². The Morgan fingerprint density at radius 2 is 1.97 bits per heavy atom. The number of terminal acetylenes is 1. The predicted molar refractivity (Wildman–Crippen MR) is 105 cm³/mol. The Morgan fingerprint density at radius 3 is 2.69 bits per heavy atom. The van der Waals surface area contributed by atoms with Crippen molar-refractivity contribution in [3.8, 4) is 23.8 Å². The van der Waals surface area contributed by atoms with Crippen LogP contribution in [0.2, 0.25) is 0 Å². The molecular formula is C22H19FN2O4. The number of nitrogens with one attached hydrogen (secondary N) is 1. The highest BCUT2D eigenvalue weighted by molar-refractivity contribution is 6.13. The number of urea groups is 1. The third-order valence-electron chi connectivity index (χ3n) is 4.14. The third-order valence-corrected chi connectivity index (χ3v) is 4.14. The van der Waals surface area contributed by atoms with Crippen molar-refractivity contribution >= 4 is 18.0 Å². The monoisotopic (exact) mass is 394 g/mol. The average Bonchev–Trinajstić information content (AvgIpc) is 2.96. The number of nitrogens with zero attached hydrogens (tertiary/aromatic N) is 1. The molecule has 1 aliphatic heterocycles. The highest BCUT2D eigenvalue weighted by Crippen LogP contribution is 2.30. The summed E-state index contributed by atoms with van der Waals surface area (Å²) < 4.78 is 24.8. The van der Waals surface area contributed by atoms with Crippen molar-refractivity contribution in [2.24, 2.45) is 0 Å². The van der Waals surface area contributed by atoms with Gasteiger partial charge in [0.05, 0.1) is 13.2 Å². The summed E-state index contributed by atoms with van der Waals surface area (Å²) in [5, 5.41) is 2.52. The smallest absolute Gasteiger partial charge is 0.329 e. The quantitative estimate of drug-likeness (QED) is 0.444. The van der Waals surface area contributed by atoms with E-state index in [0.717, 1.165) is 4.90 Å². The molecule has 1 saturated heterocycles. The van der Waals surface area contributed by atoms with Gasteiger partial charge in [0.2, 0.25) is 0 Å². The molecule has 0 unspecified atom stereocenters. The number of ether oxygens (including phenoxy) is 2. The Bertz CT molecular complexity index is 1010. The van der Waals surface area contributed by atoms with E-state index < -0.39 is 17.8 Å². The summed E-state index contributed by atoms with van der Waals surface area (Å²) in [6, 6.07) is 10.5. The molecule has 0 aromatic heterocycles. The molecule has 7 heteroatoms. The van der Waals surface area contributed by atoms with E-state index >= 15 is 0 Å². The maximum Gasteiger partial charge on any atom is 0.329 e. The van der Waals surface area contributed by atoms with Crippen LogP contribution in [-0.2, 0) is 11.3 Å². The first-order chi connectivity index (χ1) is 14.0. The molecule has 0 bridgehead atoms. The molecule has 1 heterocycles. The maximum atomic E-state index is 13.9. The number of benzene rings is 2. The van der Waals surface area contributed by atoms with Crippen molar-refractivity contribution in [2.75, 3.05) is 13.2 Å². The Balaban J connectivity index is 1.82. The van der Waals surface area contributed by atoms with E-state index in [0.29, 0.717) is 23.7 Å². The Kier molecular flexibility index (Phi) is 6.15. The Labute approximate surface area is 167 Å². The van der Waals surface area contributed by atoms with Gasteiger partial charge in [-0.25, -0.2) is 9.18 Å². The minimum atomic E-state index is -0.608. The fourth-order valence-corrected chi connectivity index (χ4v) is 2.80. The molecule has 148 valence electrons. The standard InChI is InChI=1S/C22H19FN2O4/c1-3-11-29-19-10-9-15(13-20(19)28-4-2)12-18-21(26)25(22(27)24-18)14-16-7-5-6-8-17(16)23/h1,5-10,12-13H,4,11,14H2,2H3,(H,24,27)/b18-12-. The number of amides is 3. The first kappa shape index (κ1) is 20.0. The molecule has 0 saturated carbocycles. The second-order valence-electron chi connectivity index (χ2n) is 6.10. The zero-order chi connectivity index (χ0) is 20.8. The first-order valence-electron chi connectivity index (χ1n) is 8.94. The molecule has 2 aromatic carbocycles. The molecule has 2 aromatic rings. The molecule has 6 nitrogen and oxygen atoms in total. The van der Waals surface area contributed by atoms with Gasteiger partial charge in [0.1, 0.15) is 18.1 Å². The number of rotatable bonds is 7. The van der Waals surface area contributed by atoms with Gasteiger partial charge < -0.3 is 14.8 Å². The van der Waals surface area contributed by atoms with Gasteiger partial charge in [0.25, 0.3) is 5.91 Å². The molecule has 1 fully saturated rings. The molecule has 0 atom stereocenters. The van der Waals surface area contributed by atoms with Gasteiger partial charge in [0, 0.05) is 5.56 Å². The average molecular weight is 394 g/mol. The van der Waals surface area contributed by atoms with E-state index in [-0.39, 0.29) is 24.4 Å². The van der Waals surface area contributed by atoms with Gasteiger partial charge in [-0.3, -0.25) is 9.69 Å². The van der Waals surface area contributed by atoms with Crippen LogP contribution < -0.4 is 14.8 Å². The Hall–Kier alpha value is -3.79. The number of carbonyl (C=O) groups excluding carboxylic acids is 2. The van der Waals surface area contributed by atoms with Crippen LogP contribution in [0.3, 0.4) is 0 Å². The zero-order valence-corrected chi connectivity index (χ0v) is 15.8. The molecule has 0 radical (unpaired) electrons. The molecule has 0 spiro atoms. The van der Waals surface area contributed by atoms with E-state index in [4.69, 9.17) is 15.9 Å². The second kappa shape index (κ2) is 8.93. The summed E-state index contributed by atoms with van der Waals surface area (Å²) in [4.78, 5) is 25.8. The summed E-state index contributed by atoms with van der Waals surface area (Å²) in [7, 11) is 0. The van der Waals surface area contributed by atoms with Crippen LogP contribution in [0.25, 0.3) is 6.08 Å². The zero-order valence-electron chi connectivity index (χ0n) is 15.8. The highest BCUT2D eigenvalue weighted by Gasteiger charge is 2.34. The molecule has 1 aliphatic rings. The van der Waals surface area contributed by atoms with E-state index in [1.54, 1.807) is 30.3 Å². The summed E-state index contributed by atoms with van der Waals surface area (Å²) in [6.07, 6.45) is 6.74. The normalized spacial score (nSPS) is 14.7. The largest absolute Gasteiger partial charge is 0.490 e. The van der Waals surface area contributed by atoms with Gasteiger partial charge in [-0.05, 0) is 36.8 Å².